The first-order valence-electron chi connectivity index (χ1n) is 9.96. The largest absolute Gasteiger partial charge is 1.00 e. The van der Waals surface area contributed by atoms with Crippen LogP contribution in [0.5, 0.6) is 17.2 Å². The van der Waals surface area contributed by atoms with Crippen LogP contribution in [0.1, 0.15) is 63.9 Å². The zero-order chi connectivity index (χ0) is 20.4. The fraction of sp³-hybridized carbons (Fsp3) is 0.455. The molecular weight excluding hydrogens is 415 g/mol. The van der Waals surface area contributed by atoms with Crippen molar-refractivity contribution in [3.8, 4) is 17.2 Å². The fourth-order valence-electron chi connectivity index (χ4n) is 3.25. The summed E-state index contributed by atoms with van der Waals surface area (Å²) in [6, 6.07) is 10.6. The van der Waals surface area contributed by atoms with Crippen LogP contribution < -0.4 is 61.2 Å². The van der Waals surface area contributed by atoms with Crippen LogP contribution in [0.25, 0.3) is 0 Å². The van der Waals surface area contributed by atoms with Crippen molar-refractivity contribution in [3.05, 3.63) is 48.0 Å². The molecule has 0 aromatic heterocycles. The van der Waals surface area contributed by atoms with Crippen LogP contribution in [0.4, 0.5) is 0 Å². The summed E-state index contributed by atoms with van der Waals surface area (Å²) in [5.41, 5.74) is 0.532. The van der Waals surface area contributed by atoms with E-state index in [1.54, 1.807) is 18.2 Å². The fourth-order valence-corrected chi connectivity index (χ4v) is 4.11. The molecule has 7 heteroatoms. The number of unbranched alkanes of at least 4 members (excludes halogenated alkanes) is 7. The normalized spacial score (nSPS) is 11.1. The molecule has 1 N–H and O–H groups in total. The molecule has 0 fully saturated rings. The summed E-state index contributed by atoms with van der Waals surface area (Å²) in [7, 11) is -4.46. The molecule has 0 bridgehead atoms. The summed E-state index contributed by atoms with van der Waals surface area (Å²) < 4.78 is 39.3. The van der Waals surface area contributed by atoms with Crippen molar-refractivity contribution in [1.29, 1.82) is 0 Å². The molecule has 0 aliphatic rings. The Labute approximate surface area is 217 Å². The first kappa shape index (κ1) is 26.6. The molecule has 0 aliphatic carbocycles. The van der Waals surface area contributed by atoms with Gasteiger partial charge < -0.3 is 9.84 Å². The van der Waals surface area contributed by atoms with E-state index in [0.717, 1.165) is 19.3 Å². The van der Waals surface area contributed by atoms with E-state index in [2.05, 4.69) is 6.92 Å². The molecule has 0 amide bonds. The molecule has 0 saturated carbocycles. The quantitative estimate of drug-likeness (QED) is 0.309. The van der Waals surface area contributed by atoms with E-state index in [9.17, 15) is 18.1 Å². The molecule has 0 unspecified atom stereocenters. The van der Waals surface area contributed by atoms with Crippen LogP contribution in [0.15, 0.2) is 47.4 Å². The Morgan fingerprint density at radius 2 is 1.55 bits per heavy atom. The van der Waals surface area contributed by atoms with Gasteiger partial charge in [-0.3, -0.25) is 4.55 Å². The first-order chi connectivity index (χ1) is 13.4. The van der Waals surface area contributed by atoms with E-state index in [0.29, 0.717) is 12.0 Å². The third kappa shape index (κ3) is 9.51. The number of hydrogen-bond donors (Lipinski definition) is 1. The second-order valence-corrected chi connectivity index (χ2v) is 8.38. The van der Waals surface area contributed by atoms with Crippen molar-refractivity contribution >= 4 is 10.1 Å². The minimum absolute atomic E-state index is 0. The molecule has 2 rings (SSSR count). The van der Waals surface area contributed by atoms with Crippen molar-refractivity contribution in [2.24, 2.45) is 0 Å². The van der Waals surface area contributed by atoms with Gasteiger partial charge in [0.15, 0.2) is 0 Å². The maximum absolute atomic E-state index is 12.0. The maximum Gasteiger partial charge on any atom is 1.00 e. The molecule has 2 aromatic carbocycles. The van der Waals surface area contributed by atoms with Crippen LogP contribution in [-0.4, -0.2) is 13.0 Å². The molecule has 0 saturated heterocycles. The van der Waals surface area contributed by atoms with Gasteiger partial charge in [-0.05, 0) is 36.6 Å². The van der Waals surface area contributed by atoms with Gasteiger partial charge in [0.1, 0.15) is 16.4 Å². The molecule has 0 radical (unpaired) electrons. The Bertz CT molecular complexity index is 852. The third-order valence-electron chi connectivity index (χ3n) is 4.65. The van der Waals surface area contributed by atoms with Crippen molar-refractivity contribution in [2.75, 3.05) is 0 Å². The molecule has 29 heavy (non-hydrogen) atoms. The SMILES string of the molecule is CCCCCCCCCCc1cccc(Oc2cccc([O-])c2)c1S(=O)(=O)O.[K+]. The van der Waals surface area contributed by atoms with E-state index in [-0.39, 0.29) is 73.5 Å². The van der Waals surface area contributed by atoms with Crippen molar-refractivity contribution in [1.82, 2.24) is 0 Å². The van der Waals surface area contributed by atoms with Gasteiger partial charge in [-0.2, -0.15) is 8.42 Å². The number of hydrogen-bond acceptors (Lipinski definition) is 4. The molecule has 5 nitrogen and oxygen atoms in total. The summed E-state index contributed by atoms with van der Waals surface area (Å²) in [5.74, 6) is 0.0350. The Kier molecular flexibility index (Phi) is 12.7. The molecule has 154 valence electrons. The van der Waals surface area contributed by atoms with E-state index in [4.69, 9.17) is 4.74 Å². The number of benzene rings is 2. The van der Waals surface area contributed by atoms with Crippen LogP contribution in [-0.2, 0) is 16.5 Å². The van der Waals surface area contributed by atoms with Gasteiger partial charge >= 0.3 is 51.4 Å². The molecule has 0 spiro atoms. The van der Waals surface area contributed by atoms with E-state index < -0.39 is 10.1 Å². The zero-order valence-electron chi connectivity index (χ0n) is 17.4. The van der Waals surface area contributed by atoms with Gasteiger partial charge in [0.25, 0.3) is 10.1 Å². The van der Waals surface area contributed by atoms with Crippen molar-refractivity contribution in [2.45, 2.75) is 69.6 Å². The van der Waals surface area contributed by atoms with Crippen LogP contribution in [0.2, 0.25) is 0 Å². The number of ether oxygens (including phenoxy) is 1. The average molecular weight is 445 g/mol. The minimum atomic E-state index is -4.46. The Balaban J connectivity index is 0.00000420. The van der Waals surface area contributed by atoms with Crippen LogP contribution >= 0.6 is 0 Å². The van der Waals surface area contributed by atoms with Crippen LogP contribution in [0.3, 0.4) is 0 Å². The summed E-state index contributed by atoms with van der Waals surface area (Å²) in [4.78, 5) is -0.214. The summed E-state index contributed by atoms with van der Waals surface area (Å²) >= 11 is 0. The third-order valence-corrected chi connectivity index (χ3v) is 5.63. The van der Waals surface area contributed by atoms with Gasteiger partial charge in [-0.25, -0.2) is 0 Å². The standard InChI is InChI=1S/C22H30O5S.K/c1-2-3-4-5-6-7-8-9-12-18-13-10-16-21(22(18)28(24,25)26)27-20-15-11-14-19(23)17-20;/h10-11,13-17,23H,2-9,12H2,1H3,(H,24,25,26);/q;+1/p-1. The minimum Gasteiger partial charge on any atom is -0.872 e. The molecule has 2 aromatic rings. The van der Waals surface area contributed by atoms with Crippen molar-refractivity contribution in [3.63, 3.8) is 0 Å². The molecule has 0 heterocycles. The Morgan fingerprint density at radius 1 is 0.931 bits per heavy atom. The van der Waals surface area contributed by atoms with E-state index in [1.807, 2.05) is 0 Å². The van der Waals surface area contributed by atoms with Gasteiger partial charge in [-0.15, -0.1) is 5.75 Å². The molecule has 0 atom stereocenters. The van der Waals surface area contributed by atoms with Gasteiger partial charge in [0.2, 0.25) is 0 Å². The van der Waals surface area contributed by atoms with Gasteiger partial charge in [0, 0.05) is 0 Å². The van der Waals surface area contributed by atoms with Crippen molar-refractivity contribution < 1.29 is 74.2 Å². The predicted molar refractivity (Wildman–Crippen MR) is 109 cm³/mol. The molecule has 0 aliphatic heterocycles. The summed E-state index contributed by atoms with van der Waals surface area (Å²) in [6.07, 6.45) is 9.74. The summed E-state index contributed by atoms with van der Waals surface area (Å²) in [5, 5.41) is 11.5. The smallest absolute Gasteiger partial charge is 0.872 e. The average Bonchev–Trinajstić information content (AvgIpc) is 2.63. The Morgan fingerprint density at radius 3 is 2.17 bits per heavy atom. The Hall–Kier alpha value is -0.414. The van der Waals surface area contributed by atoms with Gasteiger partial charge in [-0.1, -0.05) is 76.1 Å². The maximum atomic E-state index is 12.0. The second-order valence-electron chi connectivity index (χ2n) is 7.02. The molecular formula is C22H29KO5S. The number of aryl methyl sites for hydroxylation is 1. The van der Waals surface area contributed by atoms with E-state index in [1.165, 1.54) is 56.4 Å². The zero-order valence-corrected chi connectivity index (χ0v) is 21.3. The topological polar surface area (TPSA) is 86.7 Å². The van der Waals surface area contributed by atoms with E-state index >= 15 is 0 Å². The van der Waals surface area contributed by atoms with Crippen LogP contribution in [0, 0.1) is 0 Å². The summed E-state index contributed by atoms with van der Waals surface area (Å²) in [6.45, 7) is 2.20. The first-order valence-corrected chi connectivity index (χ1v) is 11.4. The predicted octanol–water partition coefficient (Wildman–Crippen LogP) is 2.49. The number of rotatable bonds is 12. The van der Waals surface area contributed by atoms with Gasteiger partial charge in [0.05, 0.1) is 0 Å². The monoisotopic (exact) mass is 444 g/mol. The second kappa shape index (κ2) is 13.8.